The second kappa shape index (κ2) is 5.14. The third-order valence-electron chi connectivity index (χ3n) is 3.89. The molecule has 3 rings (SSSR count). The van der Waals surface area contributed by atoms with Crippen LogP contribution in [0.2, 0.25) is 0 Å². The fourth-order valence-electron chi connectivity index (χ4n) is 2.65. The Bertz CT molecular complexity index is 813. The molecule has 0 aliphatic carbocycles. The fourth-order valence-corrected chi connectivity index (χ4v) is 4.79. The highest BCUT2D eigenvalue weighted by Crippen LogP contribution is 2.23. The second-order valence-electron chi connectivity index (χ2n) is 5.39. The first-order valence-electron chi connectivity index (χ1n) is 6.61. The summed E-state index contributed by atoms with van der Waals surface area (Å²) in [5, 5.41) is 0.953. The maximum atomic E-state index is 12.5. The Morgan fingerprint density at radius 2 is 2.14 bits per heavy atom. The zero-order valence-corrected chi connectivity index (χ0v) is 13.9. The lowest BCUT2D eigenvalue weighted by Crippen LogP contribution is -2.37. The van der Waals surface area contributed by atoms with E-state index >= 15 is 0 Å². The van der Waals surface area contributed by atoms with E-state index in [4.69, 9.17) is 0 Å². The molecule has 1 aliphatic rings. The zero-order valence-electron chi connectivity index (χ0n) is 11.5. The van der Waals surface area contributed by atoms with Gasteiger partial charge in [0, 0.05) is 28.5 Å². The maximum absolute atomic E-state index is 12.5. The molecule has 2 aromatic rings. The molecular formula is C14H15BrN2O3S. The van der Waals surface area contributed by atoms with E-state index in [2.05, 4.69) is 20.9 Å². The predicted octanol–water partition coefficient (Wildman–Crippen LogP) is 2.19. The van der Waals surface area contributed by atoms with Crippen LogP contribution in [0, 0.1) is 0 Å². The van der Waals surface area contributed by atoms with Crippen LogP contribution in [0.5, 0.6) is 0 Å². The van der Waals surface area contributed by atoms with Gasteiger partial charge in [0.05, 0.1) is 11.5 Å². The van der Waals surface area contributed by atoms with Gasteiger partial charge in [0.15, 0.2) is 9.84 Å². The van der Waals surface area contributed by atoms with Crippen LogP contribution in [0.3, 0.4) is 0 Å². The molecule has 1 aliphatic heterocycles. The largest absolute Gasteiger partial charge is 0.350 e. The van der Waals surface area contributed by atoms with Crippen molar-refractivity contribution in [2.45, 2.75) is 12.5 Å². The lowest BCUT2D eigenvalue weighted by molar-refractivity contribution is 0.0743. The van der Waals surface area contributed by atoms with Gasteiger partial charge >= 0.3 is 0 Å². The van der Waals surface area contributed by atoms with Crippen molar-refractivity contribution in [2.24, 2.45) is 0 Å². The van der Waals surface area contributed by atoms with Gasteiger partial charge in [-0.1, -0.05) is 22.0 Å². The highest BCUT2D eigenvalue weighted by molar-refractivity contribution is 9.10. The van der Waals surface area contributed by atoms with Gasteiger partial charge in [0.2, 0.25) is 0 Å². The Morgan fingerprint density at radius 1 is 1.38 bits per heavy atom. The van der Waals surface area contributed by atoms with Gasteiger partial charge in [0.1, 0.15) is 5.69 Å². The number of sulfone groups is 1. The molecule has 2 heterocycles. The van der Waals surface area contributed by atoms with Crippen molar-refractivity contribution in [1.82, 2.24) is 9.88 Å². The number of hydrogen-bond acceptors (Lipinski definition) is 3. The molecule has 1 aromatic carbocycles. The Balaban J connectivity index is 1.86. The topological polar surface area (TPSA) is 70.2 Å². The highest BCUT2D eigenvalue weighted by atomic mass is 79.9. The molecule has 21 heavy (non-hydrogen) atoms. The molecule has 1 aromatic heterocycles. The number of amides is 1. The van der Waals surface area contributed by atoms with E-state index < -0.39 is 9.84 Å². The number of nitrogens with one attached hydrogen (secondary N) is 1. The van der Waals surface area contributed by atoms with Gasteiger partial charge in [-0.15, -0.1) is 0 Å². The number of rotatable bonds is 2. The molecule has 7 heteroatoms. The summed E-state index contributed by atoms with van der Waals surface area (Å²) in [6, 6.07) is 7.31. The van der Waals surface area contributed by atoms with Crippen molar-refractivity contribution in [3.63, 3.8) is 0 Å². The molecule has 1 amide bonds. The number of aromatic amines is 1. The molecule has 1 atom stereocenters. The number of aromatic nitrogens is 1. The number of carbonyl (C=O) groups is 1. The van der Waals surface area contributed by atoms with E-state index in [1.54, 1.807) is 13.1 Å². The van der Waals surface area contributed by atoms with Gasteiger partial charge in [-0.25, -0.2) is 8.42 Å². The van der Waals surface area contributed by atoms with Crippen LogP contribution in [0.25, 0.3) is 10.9 Å². The first-order valence-corrected chi connectivity index (χ1v) is 9.23. The standard InChI is InChI=1S/C14H15BrN2O3S/c1-17(11-4-5-21(19,20)8-11)14(18)13-6-9-2-3-10(15)7-12(9)16-13/h2-3,6-7,11,16H,4-5,8H2,1H3. The summed E-state index contributed by atoms with van der Waals surface area (Å²) in [6.07, 6.45) is 0.510. The van der Waals surface area contributed by atoms with Crippen LogP contribution in [0.15, 0.2) is 28.7 Å². The number of H-pyrrole nitrogens is 1. The Labute approximate surface area is 131 Å². The third kappa shape index (κ3) is 2.85. The van der Waals surface area contributed by atoms with Crippen LogP contribution < -0.4 is 0 Å². The van der Waals surface area contributed by atoms with Crippen LogP contribution in [0.4, 0.5) is 0 Å². The summed E-state index contributed by atoms with van der Waals surface area (Å²) in [7, 11) is -1.33. The zero-order chi connectivity index (χ0) is 15.2. The minimum absolute atomic E-state index is 0.0566. The van der Waals surface area contributed by atoms with Crippen molar-refractivity contribution >= 4 is 42.6 Å². The van der Waals surface area contributed by atoms with Crippen LogP contribution in [-0.2, 0) is 9.84 Å². The molecule has 0 spiro atoms. The summed E-state index contributed by atoms with van der Waals surface area (Å²) in [5.41, 5.74) is 1.36. The van der Waals surface area contributed by atoms with Gasteiger partial charge in [-0.2, -0.15) is 0 Å². The van der Waals surface area contributed by atoms with E-state index in [0.29, 0.717) is 12.1 Å². The number of halogens is 1. The molecule has 0 bridgehead atoms. The van der Waals surface area contributed by atoms with Gasteiger partial charge in [-0.3, -0.25) is 4.79 Å². The molecule has 5 nitrogen and oxygen atoms in total. The van der Waals surface area contributed by atoms with Crippen LogP contribution in [0.1, 0.15) is 16.9 Å². The molecule has 0 saturated carbocycles. The van der Waals surface area contributed by atoms with Gasteiger partial charge < -0.3 is 9.88 Å². The molecule has 0 radical (unpaired) electrons. The smallest absolute Gasteiger partial charge is 0.270 e. The molecule has 1 saturated heterocycles. The first-order chi connectivity index (χ1) is 9.85. The number of fused-ring (bicyclic) bond motifs is 1. The molecule has 1 N–H and O–H groups in total. The Hall–Kier alpha value is -1.34. The van der Waals surface area contributed by atoms with Crippen molar-refractivity contribution in [3.8, 4) is 0 Å². The highest BCUT2D eigenvalue weighted by Gasteiger charge is 2.33. The van der Waals surface area contributed by atoms with E-state index in [1.165, 1.54) is 4.90 Å². The Morgan fingerprint density at radius 3 is 2.81 bits per heavy atom. The summed E-state index contributed by atoms with van der Waals surface area (Å²) in [6.45, 7) is 0. The third-order valence-corrected chi connectivity index (χ3v) is 6.13. The second-order valence-corrected chi connectivity index (χ2v) is 8.53. The number of hydrogen-bond donors (Lipinski definition) is 1. The average molecular weight is 371 g/mol. The van der Waals surface area contributed by atoms with E-state index in [1.807, 2.05) is 18.2 Å². The average Bonchev–Trinajstić information content (AvgIpc) is 2.99. The van der Waals surface area contributed by atoms with Crippen molar-refractivity contribution < 1.29 is 13.2 Å². The van der Waals surface area contributed by atoms with E-state index in [9.17, 15) is 13.2 Å². The molecular weight excluding hydrogens is 356 g/mol. The minimum Gasteiger partial charge on any atom is -0.350 e. The fraction of sp³-hybridized carbons (Fsp3) is 0.357. The van der Waals surface area contributed by atoms with Crippen LogP contribution in [-0.4, -0.2) is 48.8 Å². The van der Waals surface area contributed by atoms with E-state index in [0.717, 1.165) is 15.4 Å². The lowest BCUT2D eigenvalue weighted by atomic mass is 10.2. The number of carbonyl (C=O) groups excluding carboxylic acids is 1. The molecule has 112 valence electrons. The monoisotopic (exact) mass is 370 g/mol. The van der Waals surface area contributed by atoms with Crippen molar-refractivity contribution in [2.75, 3.05) is 18.6 Å². The summed E-state index contributed by atoms with van der Waals surface area (Å²) in [5.74, 6) is 0.0417. The predicted molar refractivity (Wildman–Crippen MR) is 85.2 cm³/mol. The summed E-state index contributed by atoms with van der Waals surface area (Å²) < 4.78 is 24.0. The lowest BCUT2D eigenvalue weighted by Gasteiger charge is -2.22. The number of nitrogens with zero attached hydrogens (tertiary/aromatic N) is 1. The molecule has 1 unspecified atom stereocenters. The summed E-state index contributed by atoms with van der Waals surface area (Å²) in [4.78, 5) is 17.1. The van der Waals surface area contributed by atoms with Gasteiger partial charge in [-0.05, 0) is 24.6 Å². The number of benzene rings is 1. The van der Waals surface area contributed by atoms with Crippen molar-refractivity contribution in [1.29, 1.82) is 0 Å². The maximum Gasteiger partial charge on any atom is 0.270 e. The molecule has 1 fully saturated rings. The van der Waals surface area contributed by atoms with Gasteiger partial charge in [0.25, 0.3) is 5.91 Å². The quantitative estimate of drug-likeness (QED) is 0.880. The minimum atomic E-state index is -3.00. The first kappa shape index (κ1) is 14.6. The SMILES string of the molecule is CN(C(=O)c1cc2ccc(Br)cc2[nH]1)C1CCS(=O)(=O)C1. The normalized spacial score (nSPS) is 20.8. The summed E-state index contributed by atoms with van der Waals surface area (Å²) >= 11 is 3.39. The van der Waals surface area contributed by atoms with E-state index in [-0.39, 0.29) is 23.5 Å². The Kier molecular flexibility index (Phi) is 3.57. The van der Waals surface area contributed by atoms with Crippen LogP contribution >= 0.6 is 15.9 Å². The van der Waals surface area contributed by atoms with Crippen molar-refractivity contribution in [3.05, 3.63) is 34.4 Å².